The molecule has 1 aliphatic rings. The Balaban J connectivity index is 1.97. The van der Waals surface area contributed by atoms with Gasteiger partial charge in [-0.1, -0.05) is 48.9 Å². The van der Waals surface area contributed by atoms with E-state index < -0.39 is 16.1 Å². The largest absolute Gasteiger partial charge is 0.336 e. The molecule has 0 aliphatic carbocycles. The van der Waals surface area contributed by atoms with Crippen LogP contribution >= 0.6 is 11.6 Å². The van der Waals surface area contributed by atoms with Gasteiger partial charge in [0.2, 0.25) is 15.9 Å². The number of hydrogen-bond acceptors (Lipinski definition) is 3. The van der Waals surface area contributed by atoms with E-state index in [4.69, 9.17) is 11.6 Å². The van der Waals surface area contributed by atoms with E-state index in [1.54, 1.807) is 23.1 Å². The molecule has 0 bridgehead atoms. The van der Waals surface area contributed by atoms with Crippen molar-refractivity contribution in [2.24, 2.45) is 0 Å². The fourth-order valence-corrected chi connectivity index (χ4v) is 5.15. The van der Waals surface area contributed by atoms with Crippen LogP contribution in [0.15, 0.2) is 42.5 Å². The lowest BCUT2D eigenvalue weighted by Gasteiger charge is -2.36. The topological polar surface area (TPSA) is 57.7 Å². The van der Waals surface area contributed by atoms with Gasteiger partial charge < -0.3 is 4.90 Å². The molecule has 0 N–H and O–H groups in total. The molecule has 3 rings (SSSR count). The van der Waals surface area contributed by atoms with Gasteiger partial charge in [0.05, 0.1) is 11.9 Å². The first kappa shape index (κ1) is 20.7. The lowest BCUT2D eigenvalue weighted by Crippen LogP contribution is -2.52. The quantitative estimate of drug-likeness (QED) is 0.739. The molecule has 150 valence electrons. The summed E-state index contributed by atoms with van der Waals surface area (Å²) in [7, 11) is -3.69. The Kier molecular flexibility index (Phi) is 6.01. The number of fused-ring (bicyclic) bond motifs is 1. The van der Waals surface area contributed by atoms with E-state index in [9.17, 15) is 13.2 Å². The predicted molar refractivity (Wildman–Crippen MR) is 113 cm³/mol. The minimum Gasteiger partial charge on any atom is -0.336 e. The summed E-state index contributed by atoms with van der Waals surface area (Å²) in [6, 6.07) is 12.3. The highest BCUT2D eigenvalue weighted by Crippen LogP contribution is 2.30. The van der Waals surface area contributed by atoms with E-state index in [-0.39, 0.29) is 5.91 Å². The van der Waals surface area contributed by atoms with Crippen LogP contribution in [0.1, 0.15) is 30.0 Å². The molecule has 2 aromatic carbocycles. The van der Waals surface area contributed by atoms with Gasteiger partial charge in [0.25, 0.3) is 0 Å². The highest BCUT2D eigenvalue weighted by atomic mass is 35.5. The Morgan fingerprint density at radius 2 is 1.89 bits per heavy atom. The predicted octanol–water partition coefficient (Wildman–Crippen LogP) is 3.78. The number of aryl methyl sites for hydroxylation is 1. The van der Waals surface area contributed by atoms with Crippen LogP contribution in [-0.2, 0) is 27.8 Å². The first-order valence-electron chi connectivity index (χ1n) is 9.33. The number of sulfonamides is 1. The van der Waals surface area contributed by atoms with Crippen LogP contribution in [0.25, 0.3) is 0 Å². The van der Waals surface area contributed by atoms with E-state index in [0.29, 0.717) is 30.2 Å². The third-order valence-corrected chi connectivity index (χ3v) is 6.56. The average Bonchev–Trinajstić information content (AvgIpc) is 2.66. The number of rotatable bonds is 5. The van der Waals surface area contributed by atoms with Crippen molar-refractivity contribution >= 4 is 33.2 Å². The second kappa shape index (κ2) is 8.13. The molecule has 0 saturated carbocycles. The minimum atomic E-state index is -3.69. The van der Waals surface area contributed by atoms with Crippen molar-refractivity contribution in [2.75, 3.05) is 17.1 Å². The number of carbonyl (C=O) groups excluding carboxylic acids is 1. The van der Waals surface area contributed by atoms with Gasteiger partial charge in [-0.3, -0.25) is 9.10 Å². The van der Waals surface area contributed by atoms with Gasteiger partial charge in [-0.25, -0.2) is 8.42 Å². The maximum Gasteiger partial charge on any atom is 0.246 e. The smallest absolute Gasteiger partial charge is 0.246 e. The summed E-state index contributed by atoms with van der Waals surface area (Å²) in [4.78, 5) is 15.1. The molecular weight excluding hydrogens is 396 g/mol. The van der Waals surface area contributed by atoms with Crippen LogP contribution in [-0.4, -0.2) is 38.1 Å². The molecule has 0 aromatic heterocycles. The molecule has 0 radical (unpaired) electrons. The molecule has 0 fully saturated rings. The van der Waals surface area contributed by atoms with Crippen LogP contribution < -0.4 is 4.31 Å². The van der Waals surface area contributed by atoms with E-state index in [0.717, 1.165) is 23.8 Å². The molecule has 0 saturated heterocycles. The van der Waals surface area contributed by atoms with Crippen molar-refractivity contribution in [3.63, 3.8) is 0 Å². The Hall–Kier alpha value is -2.05. The summed E-state index contributed by atoms with van der Waals surface area (Å²) < 4.78 is 26.6. The summed E-state index contributed by atoms with van der Waals surface area (Å²) in [6.07, 6.45) is 2.28. The standard InChI is InChI=1S/C21H25ClN2O3S/c1-4-19(21(25)23-12-11-16-7-5-6-8-17(16)14-23)24(28(3,26)27)20-13-18(22)10-9-15(20)2/h5-10,13,19H,4,11-12,14H2,1-3H3/t19-/m1/s1. The third kappa shape index (κ3) is 4.18. The van der Waals surface area contributed by atoms with E-state index in [1.165, 1.54) is 9.87 Å². The molecule has 1 atom stereocenters. The lowest BCUT2D eigenvalue weighted by molar-refractivity contribution is -0.133. The molecule has 0 spiro atoms. The van der Waals surface area contributed by atoms with E-state index in [2.05, 4.69) is 6.07 Å². The minimum absolute atomic E-state index is 0.179. The molecule has 1 heterocycles. The normalized spacial score (nSPS) is 15.1. The van der Waals surface area contributed by atoms with Crippen molar-refractivity contribution in [2.45, 2.75) is 39.3 Å². The molecule has 28 heavy (non-hydrogen) atoms. The third-order valence-electron chi connectivity index (χ3n) is 5.16. The number of nitrogens with zero attached hydrogens (tertiary/aromatic N) is 2. The zero-order chi connectivity index (χ0) is 20.5. The second-order valence-electron chi connectivity index (χ2n) is 7.19. The van der Waals surface area contributed by atoms with Crippen LogP contribution in [0.4, 0.5) is 5.69 Å². The first-order chi connectivity index (χ1) is 13.2. The number of halogens is 1. The summed E-state index contributed by atoms with van der Waals surface area (Å²) >= 11 is 6.13. The van der Waals surface area contributed by atoms with Crippen LogP contribution in [0.3, 0.4) is 0 Å². The molecule has 5 nitrogen and oxygen atoms in total. The Morgan fingerprint density at radius 3 is 2.54 bits per heavy atom. The SMILES string of the molecule is CC[C@H](C(=O)N1CCc2ccccc2C1)N(c1cc(Cl)ccc1C)S(C)(=O)=O. The molecule has 0 unspecified atom stereocenters. The summed E-state index contributed by atoms with van der Waals surface area (Å²) in [5, 5.41) is 0.434. The second-order valence-corrected chi connectivity index (χ2v) is 9.49. The van der Waals surface area contributed by atoms with Crippen LogP contribution in [0, 0.1) is 6.92 Å². The number of hydrogen-bond donors (Lipinski definition) is 0. The number of amides is 1. The Labute approximate surface area is 172 Å². The number of carbonyl (C=O) groups is 1. The zero-order valence-corrected chi connectivity index (χ0v) is 17.9. The Bertz CT molecular complexity index is 991. The number of benzene rings is 2. The van der Waals surface area contributed by atoms with Crippen molar-refractivity contribution in [1.82, 2.24) is 4.90 Å². The average molecular weight is 421 g/mol. The van der Waals surface area contributed by atoms with Crippen LogP contribution in [0.2, 0.25) is 5.02 Å². The van der Waals surface area contributed by atoms with Gasteiger partial charge in [0.1, 0.15) is 6.04 Å². The molecule has 1 amide bonds. The van der Waals surface area contributed by atoms with Gasteiger partial charge >= 0.3 is 0 Å². The maximum absolute atomic E-state index is 13.4. The molecule has 7 heteroatoms. The van der Waals surface area contributed by atoms with Gasteiger partial charge in [0, 0.05) is 18.1 Å². The lowest BCUT2D eigenvalue weighted by atomic mass is 9.99. The number of anilines is 1. The van der Waals surface area contributed by atoms with Crippen molar-refractivity contribution in [3.8, 4) is 0 Å². The zero-order valence-electron chi connectivity index (χ0n) is 16.4. The fourth-order valence-electron chi connectivity index (χ4n) is 3.73. The molecule has 1 aliphatic heterocycles. The molecular formula is C21H25ClN2O3S. The fraction of sp³-hybridized carbons (Fsp3) is 0.381. The van der Waals surface area contributed by atoms with Gasteiger partial charge in [-0.05, 0) is 48.6 Å². The van der Waals surface area contributed by atoms with Gasteiger partial charge in [0.15, 0.2) is 0 Å². The summed E-state index contributed by atoms with van der Waals surface area (Å²) in [5.74, 6) is -0.179. The Morgan fingerprint density at radius 1 is 1.21 bits per heavy atom. The van der Waals surface area contributed by atoms with E-state index in [1.807, 2.05) is 32.0 Å². The van der Waals surface area contributed by atoms with Gasteiger partial charge in [-0.2, -0.15) is 0 Å². The van der Waals surface area contributed by atoms with Crippen molar-refractivity contribution in [1.29, 1.82) is 0 Å². The maximum atomic E-state index is 13.4. The monoisotopic (exact) mass is 420 g/mol. The summed E-state index contributed by atoms with van der Waals surface area (Å²) in [5.41, 5.74) is 3.56. The van der Waals surface area contributed by atoms with E-state index >= 15 is 0 Å². The van der Waals surface area contributed by atoms with Gasteiger partial charge in [-0.15, -0.1) is 0 Å². The molecule has 2 aromatic rings. The van der Waals surface area contributed by atoms with Crippen molar-refractivity contribution < 1.29 is 13.2 Å². The highest BCUT2D eigenvalue weighted by Gasteiger charge is 2.36. The summed E-state index contributed by atoms with van der Waals surface area (Å²) in [6.45, 7) is 4.73. The first-order valence-corrected chi connectivity index (χ1v) is 11.6. The van der Waals surface area contributed by atoms with Crippen LogP contribution in [0.5, 0.6) is 0 Å². The van der Waals surface area contributed by atoms with Crippen molar-refractivity contribution in [3.05, 3.63) is 64.2 Å². The highest BCUT2D eigenvalue weighted by molar-refractivity contribution is 7.92.